The Morgan fingerprint density at radius 2 is 1.94 bits per heavy atom. The van der Waals surface area contributed by atoms with Gasteiger partial charge in [0, 0.05) is 12.6 Å². The highest BCUT2D eigenvalue weighted by Crippen LogP contribution is 2.39. The van der Waals surface area contributed by atoms with Crippen LogP contribution in [-0.4, -0.2) is 30.8 Å². The number of carbonyl (C=O) groups is 1. The van der Waals surface area contributed by atoms with E-state index in [1.807, 2.05) is 20.8 Å². The maximum atomic E-state index is 11.7. The van der Waals surface area contributed by atoms with Crippen LogP contribution in [0, 0.1) is 11.8 Å². The van der Waals surface area contributed by atoms with E-state index in [4.69, 9.17) is 4.74 Å². The van der Waals surface area contributed by atoms with Gasteiger partial charge in [-0.1, -0.05) is 0 Å². The lowest BCUT2D eigenvalue weighted by atomic mass is 9.91. The third kappa shape index (κ3) is 4.19. The summed E-state index contributed by atoms with van der Waals surface area (Å²) in [7, 11) is 0. The van der Waals surface area contributed by atoms with Crippen molar-refractivity contribution in [3.8, 4) is 0 Å². The van der Waals surface area contributed by atoms with Crippen LogP contribution in [0.5, 0.6) is 0 Å². The SMILES string of the molecule is CC(C)(C)OC(=O)N[C@H]1CNC[C@@H](C2CC2)C1. The van der Waals surface area contributed by atoms with Gasteiger partial charge in [-0.2, -0.15) is 0 Å². The Bertz CT molecular complexity index is 282. The molecule has 2 rings (SSSR count). The zero-order valence-electron chi connectivity index (χ0n) is 11.1. The molecular weight excluding hydrogens is 216 g/mol. The molecule has 98 valence electrons. The molecule has 2 N–H and O–H groups in total. The number of nitrogens with one attached hydrogen (secondary N) is 2. The third-order valence-corrected chi connectivity index (χ3v) is 3.39. The van der Waals surface area contributed by atoms with Gasteiger partial charge in [0.1, 0.15) is 5.60 Å². The molecule has 4 heteroatoms. The third-order valence-electron chi connectivity index (χ3n) is 3.39. The first-order valence-electron chi connectivity index (χ1n) is 6.64. The van der Waals surface area contributed by atoms with Gasteiger partial charge in [0.2, 0.25) is 0 Å². The fourth-order valence-corrected chi connectivity index (χ4v) is 2.49. The highest BCUT2D eigenvalue weighted by Gasteiger charge is 2.35. The van der Waals surface area contributed by atoms with E-state index in [1.165, 1.54) is 12.8 Å². The summed E-state index contributed by atoms with van der Waals surface area (Å²) in [4.78, 5) is 11.7. The molecular formula is C13H24N2O2. The Balaban J connectivity index is 1.76. The summed E-state index contributed by atoms with van der Waals surface area (Å²) < 4.78 is 5.27. The lowest BCUT2D eigenvalue weighted by Gasteiger charge is -2.31. The maximum Gasteiger partial charge on any atom is 0.407 e. The molecule has 2 aliphatic rings. The number of carbonyl (C=O) groups excluding carboxylic acids is 1. The minimum Gasteiger partial charge on any atom is -0.444 e. The molecule has 0 bridgehead atoms. The lowest BCUT2D eigenvalue weighted by molar-refractivity contribution is 0.0487. The molecule has 0 aromatic rings. The summed E-state index contributed by atoms with van der Waals surface area (Å²) in [6, 6.07) is 0.226. The average Bonchev–Trinajstić information content (AvgIpc) is 2.97. The van der Waals surface area contributed by atoms with Crippen LogP contribution in [0.2, 0.25) is 0 Å². The van der Waals surface area contributed by atoms with Gasteiger partial charge in [0.05, 0.1) is 0 Å². The number of hydrogen-bond acceptors (Lipinski definition) is 3. The van der Waals surface area contributed by atoms with Crippen molar-refractivity contribution in [1.82, 2.24) is 10.6 Å². The minimum absolute atomic E-state index is 0.226. The van der Waals surface area contributed by atoms with Crippen LogP contribution >= 0.6 is 0 Å². The first-order valence-corrected chi connectivity index (χ1v) is 6.64. The number of piperidine rings is 1. The Hall–Kier alpha value is -0.770. The molecule has 17 heavy (non-hydrogen) atoms. The summed E-state index contributed by atoms with van der Waals surface area (Å²) in [6.45, 7) is 7.63. The van der Waals surface area contributed by atoms with Crippen LogP contribution in [0.25, 0.3) is 0 Å². The first kappa shape index (κ1) is 12.7. The van der Waals surface area contributed by atoms with Crippen LogP contribution in [0.1, 0.15) is 40.0 Å². The van der Waals surface area contributed by atoms with E-state index in [9.17, 15) is 4.79 Å². The van der Waals surface area contributed by atoms with Gasteiger partial charge in [-0.05, 0) is 58.4 Å². The van der Waals surface area contributed by atoms with Crippen LogP contribution in [-0.2, 0) is 4.74 Å². The van der Waals surface area contributed by atoms with Crippen molar-refractivity contribution in [2.75, 3.05) is 13.1 Å². The van der Waals surface area contributed by atoms with Crippen molar-refractivity contribution in [3.05, 3.63) is 0 Å². The molecule has 1 saturated heterocycles. The number of alkyl carbamates (subject to hydrolysis) is 1. The molecule has 0 unspecified atom stereocenters. The topological polar surface area (TPSA) is 50.4 Å². The molecule has 1 saturated carbocycles. The Morgan fingerprint density at radius 3 is 2.53 bits per heavy atom. The van der Waals surface area contributed by atoms with E-state index in [1.54, 1.807) is 0 Å². The highest BCUT2D eigenvalue weighted by atomic mass is 16.6. The van der Waals surface area contributed by atoms with Gasteiger partial charge in [-0.3, -0.25) is 0 Å². The van der Waals surface area contributed by atoms with Crippen molar-refractivity contribution < 1.29 is 9.53 Å². The molecule has 2 fully saturated rings. The summed E-state index contributed by atoms with van der Waals surface area (Å²) in [6.07, 6.45) is 3.54. The predicted molar refractivity (Wildman–Crippen MR) is 66.9 cm³/mol. The quantitative estimate of drug-likeness (QED) is 0.775. The second-order valence-corrected chi connectivity index (χ2v) is 6.33. The Morgan fingerprint density at radius 1 is 1.24 bits per heavy atom. The summed E-state index contributed by atoms with van der Waals surface area (Å²) in [5, 5.41) is 6.37. The number of hydrogen-bond donors (Lipinski definition) is 2. The fraction of sp³-hybridized carbons (Fsp3) is 0.923. The Kier molecular flexibility index (Phi) is 3.61. The smallest absolute Gasteiger partial charge is 0.407 e. The van der Waals surface area contributed by atoms with Gasteiger partial charge < -0.3 is 15.4 Å². The van der Waals surface area contributed by atoms with Crippen molar-refractivity contribution in [2.45, 2.75) is 51.7 Å². The predicted octanol–water partition coefficient (Wildman–Crippen LogP) is 1.90. The first-order chi connectivity index (χ1) is 7.94. The van der Waals surface area contributed by atoms with Gasteiger partial charge in [-0.15, -0.1) is 0 Å². The second kappa shape index (κ2) is 4.84. The van der Waals surface area contributed by atoms with Crippen molar-refractivity contribution in [3.63, 3.8) is 0 Å². The van der Waals surface area contributed by atoms with Gasteiger partial charge in [0.15, 0.2) is 0 Å². The molecule has 2 atom stereocenters. The number of rotatable bonds is 2. The van der Waals surface area contributed by atoms with E-state index in [2.05, 4.69) is 10.6 Å². The monoisotopic (exact) mass is 240 g/mol. The molecule has 1 aliphatic heterocycles. The lowest BCUT2D eigenvalue weighted by Crippen LogP contribution is -2.50. The molecule has 1 aliphatic carbocycles. The van der Waals surface area contributed by atoms with Crippen LogP contribution in [0.4, 0.5) is 4.79 Å². The summed E-state index contributed by atoms with van der Waals surface area (Å²) >= 11 is 0. The van der Waals surface area contributed by atoms with Crippen LogP contribution in [0.15, 0.2) is 0 Å². The van der Waals surface area contributed by atoms with E-state index >= 15 is 0 Å². The summed E-state index contributed by atoms with van der Waals surface area (Å²) in [5.41, 5.74) is -0.415. The average molecular weight is 240 g/mol. The zero-order chi connectivity index (χ0) is 12.5. The maximum absolute atomic E-state index is 11.7. The second-order valence-electron chi connectivity index (χ2n) is 6.33. The number of ether oxygens (including phenoxy) is 1. The molecule has 1 heterocycles. The van der Waals surface area contributed by atoms with E-state index < -0.39 is 5.60 Å². The van der Waals surface area contributed by atoms with Crippen molar-refractivity contribution >= 4 is 6.09 Å². The largest absolute Gasteiger partial charge is 0.444 e. The fourth-order valence-electron chi connectivity index (χ4n) is 2.49. The molecule has 1 amide bonds. The van der Waals surface area contributed by atoms with Gasteiger partial charge in [0.25, 0.3) is 0 Å². The molecule has 4 nitrogen and oxygen atoms in total. The van der Waals surface area contributed by atoms with E-state index in [-0.39, 0.29) is 12.1 Å². The van der Waals surface area contributed by atoms with Crippen LogP contribution < -0.4 is 10.6 Å². The highest BCUT2D eigenvalue weighted by molar-refractivity contribution is 5.68. The van der Waals surface area contributed by atoms with E-state index in [0.29, 0.717) is 0 Å². The molecule has 0 spiro atoms. The Labute approximate surface area is 103 Å². The van der Waals surface area contributed by atoms with E-state index in [0.717, 1.165) is 31.3 Å². The van der Waals surface area contributed by atoms with Crippen molar-refractivity contribution in [2.24, 2.45) is 11.8 Å². The minimum atomic E-state index is -0.415. The zero-order valence-corrected chi connectivity index (χ0v) is 11.1. The van der Waals surface area contributed by atoms with Gasteiger partial charge in [-0.25, -0.2) is 4.79 Å². The molecule has 0 aromatic heterocycles. The summed E-state index contributed by atoms with van der Waals surface area (Å²) in [5.74, 6) is 1.63. The standard InChI is InChI=1S/C13H24N2O2/c1-13(2,3)17-12(16)15-11-6-10(7-14-8-11)9-4-5-9/h9-11,14H,4-8H2,1-3H3,(H,15,16)/t10-,11+/m0/s1. The molecule has 0 radical (unpaired) electrons. The van der Waals surface area contributed by atoms with Crippen molar-refractivity contribution in [1.29, 1.82) is 0 Å². The van der Waals surface area contributed by atoms with Gasteiger partial charge >= 0.3 is 6.09 Å². The molecule has 0 aromatic carbocycles. The number of amides is 1. The normalized spacial score (nSPS) is 29.8. The van der Waals surface area contributed by atoms with Crippen LogP contribution in [0.3, 0.4) is 0 Å².